The van der Waals surface area contributed by atoms with Gasteiger partial charge in [0, 0.05) is 17.4 Å². The van der Waals surface area contributed by atoms with E-state index in [-0.39, 0.29) is 28.3 Å². The summed E-state index contributed by atoms with van der Waals surface area (Å²) in [6.45, 7) is 11.9. The summed E-state index contributed by atoms with van der Waals surface area (Å²) < 4.78 is 5.68. The van der Waals surface area contributed by atoms with E-state index >= 15 is 0 Å². The standard InChI is InChI=1S/C15H22O3.Al/c1-14(2,3)10-7-8-12(18-15(4,5)6)11(9-10)13(16)17;/h7-9H,1-6H3,(H,16,17);. The van der Waals surface area contributed by atoms with Crippen LogP contribution in [-0.2, 0) is 5.41 Å². The predicted octanol–water partition coefficient (Wildman–Crippen LogP) is 3.48. The van der Waals surface area contributed by atoms with Crippen LogP contribution in [0.4, 0.5) is 0 Å². The average Bonchev–Trinajstić information content (AvgIpc) is 2.13. The van der Waals surface area contributed by atoms with E-state index in [4.69, 9.17) is 4.74 Å². The van der Waals surface area contributed by atoms with Crippen molar-refractivity contribution in [3.05, 3.63) is 29.3 Å². The fourth-order valence-electron chi connectivity index (χ4n) is 1.58. The fraction of sp³-hybridized carbons (Fsp3) is 0.533. The van der Waals surface area contributed by atoms with Crippen LogP contribution in [0.2, 0.25) is 0 Å². The van der Waals surface area contributed by atoms with Gasteiger partial charge in [0.15, 0.2) is 0 Å². The van der Waals surface area contributed by atoms with E-state index in [1.54, 1.807) is 12.1 Å². The first-order valence-corrected chi connectivity index (χ1v) is 6.07. The summed E-state index contributed by atoms with van der Waals surface area (Å²) in [5.41, 5.74) is 0.719. The van der Waals surface area contributed by atoms with Gasteiger partial charge in [-0.2, -0.15) is 0 Å². The summed E-state index contributed by atoms with van der Waals surface area (Å²) in [5.74, 6) is -0.539. The van der Waals surface area contributed by atoms with Gasteiger partial charge in [0.2, 0.25) is 0 Å². The third-order valence-corrected chi connectivity index (χ3v) is 2.49. The quantitative estimate of drug-likeness (QED) is 0.842. The van der Waals surface area contributed by atoms with Crippen molar-refractivity contribution < 1.29 is 14.6 Å². The highest BCUT2D eigenvalue weighted by atomic mass is 27.0. The lowest BCUT2D eigenvalue weighted by molar-refractivity contribution is 0.0681. The van der Waals surface area contributed by atoms with E-state index in [0.717, 1.165) is 5.56 Å². The minimum Gasteiger partial charge on any atom is -0.487 e. The number of aromatic carboxylic acids is 1. The molecule has 4 heteroatoms. The summed E-state index contributed by atoms with van der Waals surface area (Å²) in [7, 11) is 0. The van der Waals surface area contributed by atoms with Gasteiger partial charge < -0.3 is 9.84 Å². The highest BCUT2D eigenvalue weighted by Crippen LogP contribution is 2.29. The van der Waals surface area contributed by atoms with Gasteiger partial charge in [0.05, 0.1) is 0 Å². The Morgan fingerprint density at radius 1 is 1.11 bits per heavy atom. The zero-order valence-corrected chi connectivity index (χ0v) is 13.7. The zero-order chi connectivity index (χ0) is 14.1. The van der Waals surface area contributed by atoms with Crippen molar-refractivity contribution in [1.82, 2.24) is 0 Å². The Labute approximate surface area is 126 Å². The lowest BCUT2D eigenvalue weighted by Crippen LogP contribution is -2.24. The largest absolute Gasteiger partial charge is 0.487 e. The lowest BCUT2D eigenvalue weighted by atomic mass is 9.86. The maximum Gasteiger partial charge on any atom is 0.339 e. The van der Waals surface area contributed by atoms with E-state index in [0.29, 0.717) is 5.75 Å². The molecule has 103 valence electrons. The minimum absolute atomic E-state index is 0. The molecule has 3 nitrogen and oxygen atoms in total. The molecule has 0 heterocycles. The molecule has 1 rings (SSSR count). The first kappa shape index (κ1) is 18.0. The molecule has 1 aromatic carbocycles. The molecule has 1 aromatic rings. The highest BCUT2D eigenvalue weighted by molar-refractivity contribution is 5.91. The molecule has 0 aliphatic rings. The van der Waals surface area contributed by atoms with Gasteiger partial charge in [-0.15, -0.1) is 0 Å². The normalized spacial score (nSPS) is 11.7. The summed E-state index contributed by atoms with van der Waals surface area (Å²) in [6, 6.07) is 5.37. The van der Waals surface area contributed by atoms with E-state index in [2.05, 4.69) is 20.8 Å². The second kappa shape index (κ2) is 5.98. The lowest BCUT2D eigenvalue weighted by Gasteiger charge is -2.25. The van der Waals surface area contributed by atoms with E-state index < -0.39 is 11.6 Å². The van der Waals surface area contributed by atoms with Crippen LogP contribution in [0, 0.1) is 0 Å². The molecule has 0 aromatic heterocycles. The number of ether oxygens (including phenoxy) is 1. The molecule has 0 aliphatic carbocycles. The molecule has 1 N–H and O–H groups in total. The highest BCUT2D eigenvalue weighted by Gasteiger charge is 2.21. The van der Waals surface area contributed by atoms with E-state index in [1.807, 2.05) is 26.8 Å². The van der Waals surface area contributed by atoms with E-state index in [1.165, 1.54) is 0 Å². The van der Waals surface area contributed by atoms with Crippen LogP contribution in [0.5, 0.6) is 5.75 Å². The van der Waals surface area contributed by atoms with Crippen LogP contribution in [0.15, 0.2) is 18.2 Å². The van der Waals surface area contributed by atoms with Crippen molar-refractivity contribution >= 4 is 23.3 Å². The Balaban J connectivity index is 0.00000324. The summed E-state index contributed by atoms with van der Waals surface area (Å²) in [5, 5.41) is 9.27. The van der Waals surface area contributed by atoms with Gasteiger partial charge >= 0.3 is 5.97 Å². The van der Waals surface area contributed by atoms with Crippen LogP contribution in [0.1, 0.15) is 57.5 Å². The number of carbonyl (C=O) groups is 1. The minimum atomic E-state index is -0.958. The zero-order valence-electron chi connectivity index (χ0n) is 12.6. The Morgan fingerprint density at radius 2 is 1.63 bits per heavy atom. The van der Waals surface area contributed by atoms with Gasteiger partial charge in [-0.05, 0) is 43.9 Å². The molecule has 0 amide bonds. The van der Waals surface area contributed by atoms with Gasteiger partial charge in [0.25, 0.3) is 0 Å². The molecule has 0 atom stereocenters. The van der Waals surface area contributed by atoms with Crippen LogP contribution in [0.3, 0.4) is 0 Å². The van der Waals surface area contributed by atoms with Gasteiger partial charge in [-0.1, -0.05) is 26.8 Å². The van der Waals surface area contributed by atoms with Gasteiger partial charge in [0.1, 0.15) is 16.9 Å². The number of carboxylic acid groups (broad SMARTS) is 1. The molecule has 0 saturated carbocycles. The van der Waals surface area contributed by atoms with Crippen LogP contribution in [-0.4, -0.2) is 34.0 Å². The van der Waals surface area contributed by atoms with E-state index in [9.17, 15) is 9.90 Å². The molecule has 0 bridgehead atoms. The maximum atomic E-state index is 11.3. The molecule has 3 radical (unpaired) electrons. The topological polar surface area (TPSA) is 46.5 Å². The Morgan fingerprint density at radius 3 is 2.00 bits per heavy atom. The second-order valence-corrected chi connectivity index (χ2v) is 6.48. The van der Waals surface area contributed by atoms with Gasteiger partial charge in [-0.25, -0.2) is 4.79 Å². The third-order valence-electron chi connectivity index (χ3n) is 2.49. The summed E-state index contributed by atoms with van der Waals surface area (Å²) >= 11 is 0. The molecule has 0 aliphatic heterocycles. The van der Waals surface area contributed by atoms with Crippen molar-refractivity contribution in [1.29, 1.82) is 0 Å². The number of rotatable bonds is 2. The van der Waals surface area contributed by atoms with Crippen molar-refractivity contribution in [2.24, 2.45) is 0 Å². The SMILES string of the molecule is CC(C)(C)Oc1ccc(C(C)(C)C)cc1C(=O)O.[Al]. The molecule has 0 spiro atoms. The predicted molar refractivity (Wildman–Crippen MR) is 78.2 cm³/mol. The first-order chi connectivity index (χ1) is 8.00. The van der Waals surface area contributed by atoms with Crippen molar-refractivity contribution in [3.8, 4) is 5.75 Å². The molecule has 0 saturated heterocycles. The number of carboxylic acids is 1. The monoisotopic (exact) mass is 277 g/mol. The number of hydrogen-bond donors (Lipinski definition) is 1. The Bertz CT molecular complexity index is 453. The molecule has 19 heavy (non-hydrogen) atoms. The van der Waals surface area contributed by atoms with Crippen molar-refractivity contribution in [2.45, 2.75) is 52.6 Å². The third kappa shape index (κ3) is 5.26. The van der Waals surface area contributed by atoms with Crippen LogP contribution >= 0.6 is 0 Å². The smallest absolute Gasteiger partial charge is 0.339 e. The fourth-order valence-corrected chi connectivity index (χ4v) is 1.58. The average molecular weight is 277 g/mol. The van der Waals surface area contributed by atoms with Gasteiger partial charge in [-0.3, -0.25) is 0 Å². The molecule has 0 fully saturated rings. The van der Waals surface area contributed by atoms with Crippen molar-refractivity contribution in [2.75, 3.05) is 0 Å². The summed E-state index contributed by atoms with van der Waals surface area (Å²) in [4.78, 5) is 11.3. The van der Waals surface area contributed by atoms with Crippen LogP contribution < -0.4 is 4.74 Å². The summed E-state index contributed by atoms with van der Waals surface area (Å²) in [6.07, 6.45) is 0. The first-order valence-electron chi connectivity index (χ1n) is 6.07. The Hall–Kier alpha value is -0.978. The molecular formula is C15H22AlO3. The maximum absolute atomic E-state index is 11.3. The molecule has 0 unspecified atom stereocenters. The Kier molecular flexibility index (Phi) is 5.68. The van der Waals surface area contributed by atoms with Crippen molar-refractivity contribution in [3.63, 3.8) is 0 Å². The number of benzene rings is 1. The second-order valence-electron chi connectivity index (χ2n) is 6.48. The number of hydrogen-bond acceptors (Lipinski definition) is 2. The van der Waals surface area contributed by atoms with Crippen LogP contribution in [0.25, 0.3) is 0 Å². The molecular weight excluding hydrogens is 255 g/mol.